The first-order valence-corrected chi connectivity index (χ1v) is 9.56. The third-order valence-corrected chi connectivity index (χ3v) is 4.93. The fourth-order valence-electron chi connectivity index (χ4n) is 3.38. The van der Waals surface area contributed by atoms with E-state index in [-0.39, 0.29) is 23.6 Å². The molecule has 0 atom stereocenters. The molecule has 1 aliphatic rings. The average Bonchev–Trinajstić information content (AvgIpc) is 2.98. The van der Waals surface area contributed by atoms with Crippen LogP contribution < -0.4 is 5.32 Å². The van der Waals surface area contributed by atoms with Crippen LogP contribution in [0.4, 0.5) is 18.9 Å². The van der Waals surface area contributed by atoms with E-state index in [4.69, 9.17) is 0 Å². The van der Waals surface area contributed by atoms with Crippen LogP contribution in [0.5, 0.6) is 0 Å². The van der Waals surface area contributed by atoms with E-state index in [0.29, 0.717) is 17.7 Å². The molecule has 7 heteroatoms. The predicted octanol–water partition coefficient (Wildman–Crippen LogP) is 4.54. The second-order valence-corrected chi connectivity index (χ2v) is 7.03. The summed E-state index contributed by atoms with van der Waals surface area (Å²) >= 11 is 0. The molecule has 0 saturated carbocycles. The van der Waals surface area contributed by atoms with Crippen LogP contribution in [-0.4, -0.2) is 23.3 Å². The van der Waals surface area contributed by atoms with E-state index in [9.17, 15) is 22.8 Å². The Balaban J connectivity index is 1.65. The van der Waals surface area contributed by atoms with Gasteiger partial charge < -0.3 is 5.32 Å². The Morgan fingerprint density at radius 1 is 0.742 bits per heavy atom. The number of carbonyl (C=O) groups is 2. The van der Waals surface area contributed by atoms with E-state index in [1.54, 1.807) is 18.2 Å². The smallest absolute Gasteiger partial charge is 0.278 e. The van der Waals surface area contributed by atoms with Crippen LogP contribution in [0.25, 0.3) is 5.57 Å². The summed E-state index contributed by atoms with van der Waals surface area (Å²) in [5.41, 5.74) is 1.49. The summed E-state index contributed by atoms with van der Waals surface area (Å²) in [7, 11) is 0. The van der Waals surface area contributed by atoms with Gasteiger partial charge in [0.2, 0.25) is 0 Å². The van der Waals surface area contributed by atoms with Crippen molar-refractivity contribution in [1.82, 2.24) is 4.90 Å². The van der Waals surface area contributed by atoms with E-state index in [1.165, 1.54) is 54.6 Å². The SMILES string of the molecule is O=C1C(Nc2cccc(F)c2)=C(c2ccc(F)cc2)C(=O)N1CCc1ccc(F)cc1. The molecule has 1 aliphatic heterocycles. The molecule has 4 nitrogen and oxygen atoms in total. The highest BCUT2D eigenvalue weighted by Gasteiger charge is 2.39. The lowest BCUT2D eigenvalue weighted by Gasteiger charge is -2.15. The number of rotatable bonds is 6. The number of imide groups is 1. The Morgan fingerprint density at radius 3 is 2.03 bits per heavy atom. The Hall–Kier alpha value is -3.87. The molecular weight excluding hydrogens is 405 g/mol. The van der Waals surface area contributed by atoms with Crippen molar-refractivity contribution in [2.24, 2.45) is 0 Å². The molecule has 1 heterocycles. The molecule has 0 saturated heterocycles. The van der Waals surface area contributed by atoms with Crippen molar-refractivity contribution in [2.45, 2.75) is 6.42 Å². The number of halogens is 3. The fraction of sp³-hybridized carbons (Fsp3) is 0.0833. The molecule has 3 aromatic rings. The Morgan fingerprint density at radius 2 is 1.39 bits per heavy atom. The van der Waals surface area contributed by atoms with Gasteiger partial charge in [-0.25, -0.2) is 13.2 Å². The maximum atomic E-state index is 13.6. The maximum Gasteiger partial charge on any atom is 0.278 e. The number of nitrogens with one attached hydrogen (secondary N) is 1. The standard InChI is InChI=1S/C24H17F3N2O2/c25-17-8-4-15(5-9-17)12-13-29-23(30)21(16-6-10-18(26)11-7-16)22(24(29)31)28-20-3-1-2-19(27)14-20/h1-11,14,28H,12-13H2. The van der Waals surface area contributed by atoms with Crippen LogP contribution in [0.1, 0.15) is 11.1 Å². The summed E-state index contributed by atoms with van der Waals surface area (Å²) in [6, 6.07) is 16.5. The van der Waals surface area contributed by atoms with Crippen molar-refractivity contribution < 1.29 is 22.8 Å². The lowest BCUT2D eigenvalue weighted by molar-refractivity contribution is -0.136. The van der Waals surface area contributed by atoms with Crippen LogP contribution in [0.2, 0.25) is 0 Å². The first-order valence-electron chi connectivity index (χ1n) is 9.56. The monoisotopic (exact) mass is 422 g/mol. The van der Waals surface area contributed by atoms with Gasteiger partial charge in [-0.3, -0.25) is 14.5 Å². The van der Waals surface area contributed by atoms with Gasteiger partial charge in [0.15, 0.2) is 0 Å². The molecule has 0 spiro atoms. The van der Waals surface area contributed by atoms with Crippen LogP contribution in [0, 0.1) is 17.5 Å². The van der Waals surface area contributed by atoms with Crippen LogP contribution in [0.3, 0.4) is 0 Å². The molecule has 3 aromatic carbocycles. The van der Waals surface area contributed by atoms with Crippen LogP contribution in [0.15, 0.2) is 78.5 Å². The number of benzene rings is 3. The van der Waals surface area contributed by atoms with Gasteiger partial charge in [0.05, 0.1) is 5.57 Å². The lowest BCUT2D eigenvalue weighted by atomic mass is 10.0. The molecule has 31 heavy (non-hydrogen) atoms. The molecule has 0 aliphatic carbocycles. The van der Waals surface area contributed by atoms with E-state index in [0.717, 1.165) is 10.5 Å². The molecule has 156 valence electrons. The minimum atomic E-state index is -0.573. The first-order chi connectivity index (χ1) is 14.9. The van der Waals surface area contributed by atoms with Crippen molar-refractivity contribution >= 4 is 23.1 Å². The van der Waals surface area contributed by atoms with Gasteiger partial charge in [0, 0.05) is 12.2 Å². The summed E-state index contributed by atoms with van der Waals surface area (Å²) in [5, 5.41) is 2.84. The third kappa shape index (κ3) is 4.35. The maximum absolute atomic E-state index is 13.6. The van der Waals surface area contributed by atoms with Crippen LogP contribution >= 0.6 is 0 Å². The topological polar surface area (TPSA) is 49.4 Å². The quantitative estimate of drug-likeness (QED) is 0.594. The second kappa shape index (κ2) is 8.47. The highest BCUT2D eigenvalue weighted by molar-refractivity contribution is 6.36. The largest absolute Gasteiger partial charge is 0.350 e. The highest BCUT2D eigenvalue weighted by Crippen LogP contribution is 2.31. The van der Waals surface area contributed by atoms with Crippen molar-refractivity contribution in [1.29, 1.82) is 0 Å². The van der Waals surface area contributed by atoms with E-state index in [2.05, 4.69) is 5.32 Å². The highest BCUT2D eigenvalue weighted by atomic mass is 19.1. The molecule has 2 amide bonds. The van der Waals surface area contributed by atoms with Gasteiger partial charge in [-0.15, -0.1) is 0 Å². The minimum Gasteiger partial charge on any atom is -0.350 e. The summed E-state index contributed by atoms with van der Waals surface area (Å²) in [5.74, 6) is -2.47. The van der Waals surface area contributed by atoms with Crippen molar-refractivity contribution in [3.8, 4) is 0 Å². The van der Waals surface area contributed by atoms with Gasteiger partial charge in [0.25, 0.3) is 11.8 Å². The van der Waals surface area contributed by atoms with E-state index < -0.39 is 23.4 Å². The van der Waals surface area contributed by atoms with Crippen molar-refractivity contribution in [3.63, 3.8) is 0 Å². The first kappa shape index (κ1) is 20.4. The van der Waals surface area contributed by atoms with Gasteiger partial charge in [-0.1, -0.05) is 30.3 Å². The van der Waals surface area contributed by atoms with E-state index >= 15 is 0 Å². The zero-order valence-corrected chi connectivity index (χ0v) is 16.2. The lowest BCUT2D eigenvalue weighted by Crippen LogP contribution is -2.34. The van der Waals surface area contributed by atoms with Gasteiger partial charge >= 0.3 is 0 Å². The fourth-order valence-corrected chi connectivity index (χ4v) is 3.38. The van der Waals surface area contributed by atoms with Crippen LogP contribution in [-0.2, 0) is 16.0 Å². The molecule has 0 unspecified atom stereocenters. The number of nitrogens with zero attached hydrogens (tertiary/aromatic N) is 1. The summed E-state index contributed by atoms with van der Waals surface area (Å²) < 4.78 is 40.1. The zero-order chi connectivity index (χ0) is 22.0. The predicted molar refractivity (Wildman–Crippen MR) is 110 cm³/mol. The third-order valence-electron chi connectivity index (χ3n) is 4.93. The molecule has 1 N–H and O–H groups in total. The molecule has 0 bridgehead atoms. The zero-order valence-electron chi connectivity index (χ0n) is 16.2. The number of carbonyl (C=O) groups excluding carboxylic acids is 2. The molecule has 0 radical (unpaired) electrons. The summed E-state index contributed by atoms with van der Waals surface area (Å²) in [6.07, 6.45) is 0.335. The number of amides is 2. The number of hydrogen-bond donors (Lipinski definition) is 1. The molecule has 4 rings (SSSR count). The van der Waals surface area contributed by atoms with Crippen molar-refractivity contribution in [3.05, 3.63) is 107 Å². The normalized spacial score (nSPS) is 13.8. The molecular formula is C24H17F3N2O2. The second-order valence-electron chi connectivity index (χ2n) is 7.03. The number of anilines is 1. The minimum absolute atomic E-state index is 0.0127. The summed E-state index contributed by atoms with van der Waals surface area (Å²) in [4.78, 5) is 27.3. The van der Waals surface area contributed by atoms with Gasteiger partial charge in [-0.05, 0) is 60.0 Å². The van der Waals surface area contributed by atoms with Gasteiger partial charge in [0.1, 0.15) is 23.1 Å². The van der Waals surface area contributed by atoms with E-state index in [1.807, 2.05) is 0 Å². The average molecular weight is 422 g/mol. The molecule has 0 fully saturated rings. The number of hydrogen-bond acceptors (Lipinski definition) is 3. The summed E-state index contributed by atoms with van der Waals surface area (Å²) in [6.45, 7) is 0.0718. The van der Waals surface area contributed by atoms with Gasteiger partial charge in [-0.2, -0.15) is 0 Å². The Kier molecular flexibility index (Phi) is 5.58. The van der Waals surface area contributed by atoms with Crippen molar-refractivity contribution in [2.75, 3.05) is 11.9 Å². The molecule has 0 aromatic heterocycles. The Labute approximate surface area is 176 Å². The Bertz CT molecular complexity index is 1170.